The highest BCUT2D eigenvalue weighted by Gasteiger charge is 2.51. The number of amides is 1. The predicted octanol–water partition coefficient (Wildman–Crippen LogP) is 5.24. The number of nitrogens with one attached hydrogen (secondary N) is 1. The number of hydrogen-bond donors (Lipinski definition) is 1. The number of rotatable bonds is 4. The predicted molar refractivity (Wildman–Crippen MR) is 117 cm³/mol. The molecule has 7 rings (SSSR count). The Morgan fingerprint density at radius 3 is 2.03 bits per heavy atom. The molecule has 1 heterocycles. The minimum absolute atomic E-state index is 0.00532. The zero-order valence-corrected chi connectivity index (χ0v) is 17.1. The van der Waals surface area contributed by atoms with Gasteiger partial charge in [0.05, 0.1) is 11.3 Å². The van der Waals surface area contributed by atoms with E-state index in [1.165, 1.54) is 19.3 Å². The molecule has 30 heavy (non-hydrogen) atoms. The number of benzene rings is 2. The molecule has 4 heteroatoms. The summed E-state index contributed by atoms with van der Waals surface area (Å²) in [6.07, 6.45) is 9.46. The summed E-state index contributed by atoms with van der Waals surface area (Å²) >= 11 is 0. The summed E-state index contributed by atoms with van der Waals surface area (Å²) in [5.41, 5.74) is 3.35. The quantitative estimate of drug-likeness (QED) is 0.655. The molecule has 4 aliphatic carbocycles. The van der Waals surface area contributed by atoms with Crippen LogP contribution in [-0.2, 0) is 0 Å². The van der Waals surface area contributed by atoms with Crippen LogP contribution in [-0.4, -0.2) is 21.2 Å². The van der Waals surface area contributed by atoms with Crippen LogP contribution in [0.4, 0.5) is 0 Å². The van der Waals surface area contributed by atoms with Crippen LogP contribution in [0.3, 0.4) is 0 Å². The standard InChI is InChI=1S/C26H27N3O/c30-25(27-26-14-18-11-19(15-26)13-20(12-18)16-26)23-17-29(22-9-5-2-6-10-22)28-24(23)21-7-3-1-4-8-21/h1-10,17-20H,11-16H2,(H,27,30). The Balaban J connectivity index is 1.36. The van der Waals surface area contributed by atoms with Crippen molar-refractivity contribution in [1.82, 2.24) is 15.1 Å². The van der Waals surface area contributed by atoms with Crippen molar-refractivity contribution < 1.29 is 4.79 Å². The van der Waals surface area contributed by atoms with Crippen molar-refractivity contribution in [2.75, 3.05) is 0 Å². The second-order valence-corrected chi connectivity index (χ2v) is 9.69. The SMILES string of the molecule is O=C(NC12CC3CC(CC(C3)C1)C2)c1cn(-c2ccccc2)nc1-c1ccccc1. The number of nitrogens with zero attached hydrogens (tertiary/aromatic N) is 2. The third-order valence-corrected chi connectivity index (χ3v) is 7.44. The molecule has 1 N–H and O–H groups in total. The van der Waals surface area contributed by atoms with Crippen molar-refractivity contribution in [1.29, 1.82) is 0 Å². The third kappa shape index (κ3) is 3.06. The molecule has 4 aliphatic rings. The molecule has 0 radical (unpaired) electrons. The summed E-state index contributed by atoms with van der Waals surface area (Å²) in [4.78, 5) is 13.6. The van der Waals surface area contributed by atoms with E-state index in [0.29, 0.717) is 5.56 Å². The van der Waals surface area contributed by atoms with Crippen molar-refractivity contribution in [3.63, 3.8) is 0 Å². The van der Waals surface area contributed by atoms with Gasteiger partial charge in [-0.05, 0) is 68.4 Å². The zero-order valence-electron chi connectivity index (χ0n) is 17.1. The van der Waals surface area contributed by atoms with Gasteiger partial charge in [-0.3, -0.25) is 4.79 Å². The van der Waals surface area contributed by atoms with Crippen molar-refractivity contribution in [2.24, 2.45) is 17.8 Å². The maximum atomic E-state index is 13.6. The van der Waals surface area contributed by atoms with E-state index in [0.717, 1.165) is 54.0 Å². The van der Waals surface area contributed by atoms with Crippen LogP contribution in [0.15, 0.2) is 66.9 Å². The van der Waals surface area contributed by atoms with Crippen molar-refractivity contribution in [2.45, 2.75) is 44.1 Å². The molecule has 4 nitrogen and oxygen atoms in total. The minimum Gasteiger partial charge on any atom is -0.346 e. The zero-order chi connectivity index (χ0) is 20.1. The molecular weight excluding hydrogens is 370 g/mol. The summed E-state index contributed by atoms with van der Waals surface area (Å²) in [6.45, 7) is 0. The molecule has 2 aromatic carbocycles. The lowest BCUT2D eigenvalue weighted by molar-refractivity contribution is -0.0166. The van der Waals surface area contributed by atoms with Gasteiger partial charge in [-0.2, -0.15) is 5.10 Å². The van der Waals surface area contributed by atoms with E-state index in [1.807, 2.05) is 71.5 Å². The fourth-order valence-corrected chi connectivity index (χ4v) is 6.63. The number of aromatic nitrogens is 2. The van der Waals surface area contributed by atoms with Crippen LogP contribution < -0.4 is 5.32 Å². The lowest BCUT2D eigenvalue weighted by atomic mass is 9.53. The lowest BCUT2D eigenvalue weighted by Crippen LogP contribution is -2.59. The summed E-state index contributed by atoms with van der Waals surface area (Å²) in [5, 5.41) is 8.35. The molecule has 0 atom stereocenters. The normalized spacial score (nSPS) is 29.1. The van der Waals surface area contributed by atoms with E-state index in [4.69, 9.17) is 5.10 Å². The first kappa shape index (κ1) is 17.9. The number of carbonyl (C=O) groups excluding carboxylic acids is 1. The van der Waals surface area contributed by atoms with Gasteiger partial charge in [-0.25, -0.2) is 4.68 Å². The van der Waals surface area contributed by atoms with Gasteiger partial charge in [-0.1, -0.05) is 48.5 Å². The van der Waals surface area contributed by atoms with E-state index in [1.54, 1.807) is 0 Å². The molecule has 1 amide bonds. The summed E-state index contributed by atoms with van der Waals surface area (Å²) in [5.74, 6) is 2.43. The third-order valence-electron chi connectivity index (χ3n) is 7.44. The molecule has 0 saturated heterocycles. The van der Waals surface area contributed by atoms with Crippen LogP contribution >= 0.6 is 0 Å². The monoisotopic (exact) mass is 397 g/mol. The van der Waals surface area contributed by atoms with Gasteiger partial charge in [0.25, 0.3) is 5.91 Å². The fraction of sp³-hybridized carbons (Fsp3) is 0.385. The van der Waals surface area contributed by atoms with E-state index >= 15 is 0 Å². The van der Waals surface area contributed by atoms with Crippen LogP contribution in [0.5, 0.6) is 0 Å². The Labute approximate surface area is 177 Å². The highest BCUT2D eigenvalue weighted by atomic mass is 16.1. The lowest BCUT2D eigenvalue weighted by Gasteiger charge is -2.56. The molecular formula is C26H27N3O. The molecule has 4 fully saturated rings. The van der Waals surface area contributed by atoms with Crippen LogP contribution in [0.1, 0.15) is 48.9 Å². The molecule has 1 aromatic heterocycles. The van der Waals surface area contributed by atoms with E-state index in [9.17, 15) is 4.79 Å². The van der Waals surface area contributed by atoms with E-state index < -0.39 is 0 Å². The van der Waals surface area contributed by atoms with Crippen molar-refractivity contribution >= 4 is 5.91 Å². The average molecular weight is 398 g/mol. The van der Waals surface area contributed by atoms with E-state index in [-0.39, 0.29) is 11.4 Å². The molecule has 0 aliphatic heterocycles. The largest absolute Gasteiger partial charge is 0.346 e. The summed E-state index contributed by atoms with van der Waals surface area (Å²) < 4.78 is 1.83. The Morgan fingerprint density at radius 1 is 0.867 bits per heavy atom. The molecule has 0 spiro atoms. The highest BCUT2D eigenvalue weighted by Crippen LogP contribution is 2.55. The molecule has 4 saturated carbocycles. The van der Waals surface area contributed by atoms with Crippen LogP contribution in [0, 0.1) is 17.8 Å². The van der Waals surface area contributed by atoms with Crippen LogP contribution in [0.25, 0.3) is 16.9 Å². The van der Waals surface area contributed by atoms with Gasteiger partial charge in [0.1, 0.15) is 5.69 Å². The second kappa shape index (κ2) is 6.83. The first-order valence-electron chi connectivity index (χ1n) is 11.2. The summed E-state index contributed by atoms with van der Waals surface area (Å²) in [6, 6.07) is 20.1. The van der Waals surface area contributed by atoms with Gasteiger partial charge >= 0.3 is 0 Å². The Hall–Kier alpha value is -2.88. The molecule has 0 unspecified atom stereocenters. The Bertz CT molecular complexity index is 1030. The molecule has 4 bridgehead atoms. The molecule has 3 aromatic rings. The topological polar surface area (TPSA) is 46.9 Å². The van der Waals surface area contributed by atoms with Crippen LogP contribution in [0.2, 0.25) is 0 Å². The number of carbonyl (C=O) groups is 1. The fourth-order valence-electron chi connectivity index (χ4n) is 6.63. The van der Waals surface area contributed by atoms with Gasteiger partial charge in [0.2, 0.25) is 0 Å². The van der Waals surface area contributed by atoms with Crippen molar-refractivity contribution in [3.05, 3.63) is 72.4 Å². The first-order chi connectivity index (χ1) is 14.7. The van der Waals surface area contributed by atoms with Gasteiger partial charge < -0.3 is 5.32 Å². The summed E-state index contributed by atoms with van der Waals surface area (Å²) in [7, 11) is 0. The maximum absolute atomic E-state index is 13.6. The Kier molecular flexibility index (Phi) is 4.08. The first-order valence-corrected chi connectivity index (χ1v) is 11.2. The van der Waals surface area contributed by atoms with E-state index in [2.05, 4.69) is 5.32 Å². The highest BCUT2D eigenvalue weighted by molar-refractivity contribution is 6.00. The minimum atomic E-state index is -0.00532. The maximum Gasteiger partial charge on any atom is 0.255 e. The second-order valence-electron chi connectivity index (χ2n) is 9.69. The number of para-hydroxylation sites is 1. The van der Waals surface area contributed by atoms with Gasteiger partial charge in [0, 0.05) is 17.3 Å². The molecule has 152 valence electrons. The Morgan fingerprint density at radius 2 is 1.43 bits per heavy atom. The van der Waals surface area contributed by atoms with Gasteiger partial charge in [0.15, 0.2) is 0 Å². The average Bonchev–Trinajstić information content (AvgIpc) is 3.20. The number of hydrogen-bond acceptors (Lipinski definition) is 2. The smallest absolute Gasteiger partial charge is 0.255 e. The van der Waals surface area contributed by atoms with Crippen molar-refractivity contribution in [3.8, 4) is 16.9 Å². The van der Waals surface area contributed by atoms with Gasteiger partial charge in [-0.15, -0.1) is 0 Å².